The molecule has 0 saturated carbocycles. The van der Waals surface area contributed by atoms with Crippen molar-refractivity contribution < 1.29 is 4.39 Å². The highest BCUT2D eigenvalue weighted by Crippen LogP contribution is 2.24. The molecule has 2 nitrogen and oxygen atoms in total. The Morgan fingerprint density at radius 2 is 2.13 bits per heavy atom. The van der Waals surface area contributed by atoms with Crippen molar-refractivity contribution >= 4 is 0 Å². The Kier molecular flexibility index (Phi) is 2.54. The van der Waals surface area contributed by atoms with Gasteiger partial charge in [0, 0.05) is 5.56 Å². The molecule has 0 atom stereocenters. The summed E-state index contributed by atoms with van der Waals surface area (Å²) in [6.07, 6.45) is 3.35. The number of hydrogen-bond donors (Lipinski definition) is 1. The first kappa shape index (κ1) is 9.90. The summed E-state index contributed by atoms with van der Waals surface area (Å²) in [5, 5.41) is 0. The second kappa shape index (κ2) is 3.85. The fraction of sp³-hybridized carbons (Fsp3) is 0.250. The van der Waals surface area contributed by atoms with E-state index in [0.29, 0.717) is 0 Å². The minimum absolute atomic E-state index is 0.145. The molecule has 0 fully saturated rings. The van der Waals surface area contributed by atoms with Gasteiger partial charge in [-0.1, -0.05) is 13.8 Å². The smallest absolute Gasteiger partial charge is 0.126 e. The minimum atomic E-state index is -0.145. The van der Waals surface area contributed by atoms with E-state index < -0.39 is 0 Å². The van der Waals surface area contributed by atoms with Crippen LogP contribution in [-0.4, -0.2) is 9.97 Å². The summed E-state index contributed by atoms with van der Waals surface area (Å²) in [7, 11) is 0. The Morgan fingerprint density at radius 1 is 1.33 bits per heavy atom. The lowest BCUT2D eigenvalue weighted by Gasteiger charge is -2.08. The molecule has 1 aromatic carbocycles. The Hall–Kier alpha value is -1.64. The molecule has 78 valence electrons. The van der Waals surface area contributed by atoms with Crippen molar-refractivity contribution in [2.24, 2.45) is 0 Å². The van der Waals surface area contributed by atoms with Crippen molar-refractivity contribution in [1.82, 2.24) is 9.97 Å². The third-order valence-electron chi connectivity index (χ3n) is 2.43. The molecule has 0 saturated heterocycles. The van der Waals surface area contributed by atoms with Gasteiger partial charge < -0.3 is 4.98 Å². The predicted molar refractivity (Wildman–Crippen MR) is 58.1 cm³/mol. The lowest BCUT2D eigenvalue weighted by molar-refractivity contribution is 0.598. The molecule has 1 heterocycles. The van der Waals surface area contributed by atoms with Gasteiger partial charge >= 0.3 is 0 Å². The highest BCUT2D eigenvalue weighted by Gasteiger charge is 2.08. The second-order valence-corrected chi connectivity index (χ2v) is 3.86. The highest BCUT2D eigenvalue weighted by atomic mass is 19.1. The van der Waals surface area contributed by atoms with Gasteiger partial charge in [-0.15, -0.1) is 0 Å². The molecule has 0 amide bonds. The third-order valence-corrected chi connectivity index (χ3v) is 2.43. The van der Waals surface area contributed by atoms with Crippen molar-refractivity contribution in [2.45, 2.75) is 19.8 Å². The van der Waals surface area contributed by atoms with Crippen LogP contribution in [0.15, 0.2) is 30.7 Å². The molecule has 2 rings (SSSR count). The highest BCUT2D eigenvalue weighted by molar-refractivity contribution is 5.59. The number of halogens is 1. The summed E-state index contributed by atoms with van der Waals surface area (Å²) in [6.45, 7) is 3.96. The summed E-state index contributed by atoms with van der Waals surface area (Å²) in [5.41, 5.74) is 2.62. The second-order valence-electron chi connectivity index (χ2n) is 3.86. The van der Waals surface area contributed by atoms with Crippen LogP contribution in [0.5, 0.6) is 0 Å². The zero-order valence-corrected chi connectivity index (χ0v) is 8.79. The largest absolute Gasteiger partial charge is 0.345 e. The standard InChI is InChI=1S/C12H13FN2/c1-8(2)10-5-9(3-4-11(10)13)12-6-14-7-15-12/h3-8H,1-2H3,(H,14,15). The van der Waals surface area contributed by atoms with E-state index in [-0.39, 0.29) is 11.7 Å². The molecule has 3 heteroatoms. The van der Waals surface area contributed by atoms with Gasteiger partial charge in [-0.25, -0.2) is 9.37 Å². The Bertz CT molecular complexity index is 447. The number of nitrogens with one attached hydrogen (secondary N) is 1. The number of rotatable bonds is 2. The zero-order chi connectivity index (χ0) is 10.8. The fourth-order valence-electron chi connectivity index (χ4n) is 1.57. The van der Waals surface area contributed by atoms with Crippen molar-refractivity contribution in [2.75, 3.05) is 0 Å². The Labute approximate surface area is 88.2 Å². The lowest BCUT2D eigenvalue weighted by atomic mass is 9.99. The van der Waals surface area contributed by atoms with E-state index in [2.05, 4.69) is 9.97 Å². The number of H-pyrrole nitrogens is 1. The van der Waals surface area contributed by atoms with E-state index in [9.17, 15) is 4.39 Å². The topological polar surface area (TPSA) is 28.7 Å². The first-order valence-electron chi connectivity index (χ1n) is 4.96. The van der Waals surface area contributed by atoms with Crippen LogP contribution in [0.25, 0.3) is 11.3 Å². The molecule has 15 heavy (non-hydrogen) atoms. The van der Waals surface area contributed by atoms with Gasteiger partial charge in [0.05, 0.1) is 18.2 Å². The number of benzene rings is 1. The molecule has 0 bridgehead atoms. The Morgan fingerprint density at radius 3 is 2.73 bits per heavy atom. The van der Waals surface area contributed by atoms with Gasteiger partial charge in [0.15, 0.2) is 0 Å². The zero-order valence-electron chi connectivity index (χ0n) is 8.79. The molecular weight excluding hydrogens is 191 g/mol. The summed E-state index contributed by atoms with van der Waals surface area (Å²) < 4.78 is 13.4. The summed E-state index contributed by atoms with van der Waals surface area (Å²) >= 11 is 0. The van der Waals surface area contributed by atoms with Gasteiger partial charge in [-0.2, -0.15) is 0 Å². The van der Waals surface area contributed by atoms with Gasteiger partial charge in [0.25, 0.3) is 0 Å². The fourth-order valence-corrected chi connectivity index (χ4v) is 1.57. The monoisotopic (exact) mass is 204 g/mol. The number of hydrogen-bond acceptors (Lipinski definition) is 1. The number of aromatic amines is 1. The quantitative estimate of drug-likeness (QED) is 0.798. The van der Waals surface area contributed by atoms with E-state index in [4.69, 9.17) is 0 Å². The van der Waals surface area contributed by atoms with Crippen molar-refractivity contribution in [3.8, 4) is 11.3 Å². The van der Waals surface area contributed by atoms with Gasteiger partial charge in [0.2, 0.25) is 0 Å². The number of imidazole rings is 1. The van der Waals surface area contributed by atoms with E-state index in [1.54, 1.807) is 18.6 Å². The molecule has 0 aliphatic rings. The van der Waals surface area contributed by atoms with Gasteiger partial charge in [-0.05, 0) is 29.7 Å². The van der Waals surface area contributed by atoms with E-state index in [1.165, 1.54) is 6.07 Å². The maximum absolute atomic E-state index is 13.4. The molecule has 0 aliphatic heterocycles. The number of nitrogens with zero attached hydrogens (tertiary/aromatic N) is 1. The first-order chi connectivity index (χ1) is 7.18. The average Bonchev–Trinajstić information content (AvgIpc) is 2.71. The molecule has 0 radical (unpaired) electrons. The van der Waals surface area contributed by atoms with Crippen molar-refractivity contribution in [1.29, 1.82) is 0 Å². The van der Waals surface area contributed by atoms with E-state index in [0.717, 1.165) is 16.8 Å². The molecule has 2 aromatic rings. The van der Waals surface area contributed by atoms with Gasteiger partial charge in [-0.3, -0.25) is 0 Å². The van der Waals surface area contributed by atoms with E-state index >= 15 is 0 Å². The van der Waals surface area contributed by atoms with Crippen LogP contribution in [0.1, 0.15) is 25.3 Å². The SMILES string of the molecule is CC(C)c1cc(-c2cnc[nH]2)ccc1F. The lowest BCUT2D eigenvalue weighted by Crippen LogP contribution is -1.93. The maximum atomic E-state index is 13.4. The summed E-state index contributed by atoms with van der Waals surface area (Å²) in [5.74, 6) is 0.0427. The minimum Gasteiger partial charge on any atom is -0.345 e. The summed E-state index contributed by atoms with van der Waals surface area (Å²) in [4.78, 5) is 6.95. The molecule has 1 N–H and O–H groups in total. The van der Waals surface area contributed by atoms with Crippen molar-refractivity contribution in [3.05, 3.63) is 42.1 Å². The van der Waals surface area contributed by atoms with Crippen LogP contribution in [0.2, 0.25) is 0 Å². The van der Waals surface area contributed by atoms with Crippen LogP contribution >= 0.6 is 0 Å². The van der Waals surface area contributed by atoms with Crippen LogP contribution in [0.3, 0.4) is 0 Å². The molecule has 0 spiro atoms. The average molecular weight is 204 g/mol. The first-order valence-corrected chi connectivity index (χ1v) is 4.96. The predicted octanol–water partition coefficient (Wildman–Crippen LogP) is 3.34. The normalized spacial score (nSPS) is 10.9. The van der Waals surface area contributed by atoms with Crippen LogP contribution in [0.4, 0.5) is 4.39 Å². The van der Waals surface area contributed by atoms with Crippen LogP contribution < -0.4 is 0 Å². The molecular formula is C12H13FN2. The maximum Gasteiger partial charge on any atom is 0.126 e. The molecule has 1 aromatic heterocycles. The molecule has 0 unspecified atom stereocenters. The molecule has 0 aliphatic carbocycles. The summed E-state index contributed by atoms with van der Waals surface area (Å²) in [6, 6.07) is 5.13. The Balaban J connectivity index is 2.48. The van der Waals surface area contributed by atoms with Crippen molar-refractivity contribution in [3.63, 3.8) is 0 Å². The van der Waals surface area contributed by atoms with Crippen LogP contribution in [-0.2, 0) is 0 Å². The van der Waals surface area contributed by atoms with Crippen LogP contribution in [0, 0.1) is 5.82 Å². The number of aromatic nitrogens is 2. The third kappa shape index (κ3) is 1.91. The van der Waals surface area contributed by atoms with Gasteiger partial charge in [0.1, 0.15) is 5.82 Å². The van der Waals surface area contributed by atoms with E-state index in [1.807, 2.05) is 19.9 Å².